The van der Waals surface area contributed by atoms with Crippen molar-refractivity contribution in [1.82, 2.24) is 0 Å². The molecule has 1 fully saturated rings. The van der Waals surface area contributed by atoms with Crippen LogP contribution in [0, 0.1) is 11.8 Å². The molecule has 1 aliphatic rings. The molecule has 3 unspecified atom stereocenters. The highest BCUT2D eigenvalue weighted by Crippen LogP contribution is 2.31. The summed E-state index contributed by atoms with van der Waals surface area (Å²) in [6.07, 6.45) is 5.44. The van der Waals surface area contributed by atoms with Gasteiger partial charge in [0.1, 0.15) is 6.29 Å². The molecule has 0 aromatic heterocycles. The molecule has 0 saturated heterocycles. The smallest absolute Gasteiger partial charge is 0.122 e. The number of aliphatic hydroxyl groups is 1. The third-order valence-electron chi connectivity index (χ3n) is 2.86. The second-order valence-corrected chi connectivity index (χ2v) is 4.00. The summed E-state index contributed by atoms with van der Waals surface area (Å²) in [5, 5.41) is 9.56. The lowest BCUT2D eigenvalue weighted by Crippen LogP contribution is -2.26. The molecule has 0 bridgehead atoms. The van der Waals surface area contributed by atoms with Gasteiger partial charge in [0.15, 0.2) is 0 Å². The zero-order valence-electron chi connectivity index (χ0n) is 7.70. The fourth-order valence-corrected chi connectivity index (χ4v) is 2.12. The van der Waals surface area contributed by atoms with Gasteiger partial charge in [0.2, 0.25) is 0 Å². The minimum Gasteiger partial charge on any atom is -0.392 e. The second-order valence-electron chi connectivity index (χ2n) is 4.00. The average Bonchev–Trinajstić information content (AvgIpc) is 2.05. The van der Waals surface area contributed by atoms with E-state index < -0.39 is 0 Å². The molecule has 0 radical (unpaired) electrons. The van der Waals surface area contributed by atoms with Gasteiger partial charge >= 0.3 is 0 Å². The summed E-state index contributed by atoms with van der Waals surface area (Å²) < 4.78 is 0. The SMILES string of the molecule is CC1CCCC(C(O)CC=O)C1. The molecule has 0 amide bonds. The van der Waals surface area contributed by atoms with Crippen LogP contribution in [0.1, 0.15) is 39.0 Å². The molecular weight excluding hydrogens is 152 g/mol. The summed E-state index contributed by atoms with van der Waals surface area (Å²) in [4.78, 5) is 10.2. The van der Waals surface area contributed by atoms with E-state index in [4.69, 9.17) is 0 Å². The Balaban J connectivity index is 2.34. The monoisotopic (exact) mass is 170 g/mol. The van der Waals surface area contributed by atoms with Gasteiger partial charge in [-0.05, 0) is 24.7 Å². The first kappa shape index (κ1) is 9.72. The number of aldehydes is 1. The zero-order chi connectivity index (χ0) is 8.97. The van der Waals surface area contributed by atoms with Gasteiger partial charge in [0, 0.05) is 6.42 Å². The van der Waals surface area contributed by atoms with Crippen LogP contribution < -0.4 is 0 Å². The fourth-order valence-electron chi connectivity index (χ4n) is 2.12. The van der Waals surface area contributed by atoms with Crippen LogP contribution in [0.4, 0.5) is 0 Å². The van der Waals surface area contributed by atoms with Gasteiger partial charge in [0.25, 0.3) is 0 Å². The van der Waals surface area contributed by atoms with E-state index in [0.717, 1.165) is 25.0 Å². The van der Waals surface area contributed by atoms with Gasteiger partial charge in [0.05, 0.1) is 6.10 Å². The third kappa shape index (κ3) is 2.59. The molecule has 1 saturated carbocycles. The van der Waals surface area contributed by atoms with Gasteiger partial charge in [-0.15, -0.1) is 0 Å². The normalized spacial score (nSPS) is 32.8. The van der Waals surface area contributed by atoms with Crippen LogP contribution in [0.25, 0.3) is 0 Å². The van der Waals surface area contributed by atoms with E-state index in [1.165, 1.54) is 12.8 Å². The Bertz CT molecular complexity index is 145. The first-order valence-electron chi connectivity index (χ1n) is 4.85. The maximum absolute atomic E-state index is 10.2. The van der Waals surface area contributed by atoms with Crippen molar-refractivity contribution in [3.63, 3.8) is 0 Å². The van der Waals surface area contributed by atoms with E-state index in [9.17, 15) is 9.90 Å². The lowest BCUT2D eigenvalue weighted by atomic mass is 9.79. The van der Waals surface area contributed by atoms with Crippen molar-refractivity contribution in [2.24, 2.45) is 11.8 Å². The van der Waals surface area contributed by atoms with Crippen molar-refractivity contribution >= 4 is 6.29 Å². The Morgan fingerprint density at radius 2 is 2.33 bits per heavy atom. The minimum atomic E-state index is -0.384. The van der Waals surface area contributed by atoms with Gasteiger partial charge in [-0.2, -0.15) is 0 Å². The first-order chi connectivity index (χ1) is 5.74. The van der Waals surface area contributed by atoms with Crippen molar-refractivity contribution in [1.29, 1.82) is 0 Å². The number of aliphatic hydroxyl groups excluding tert-OH is 1. The molecule has 0 aromatic carbocycles. The number of hydrogen-bond acceptors (Lipinski definition) is 2. The Morgan fingerprint density at radius 3 is 2.92 bits per heavy atom. The Labute approximate surface area is 74.0 Å². The number of rotatable bonds is 3. The van der Waals surface area contributed by atoms with Crippen LogP contribution in [-0.4, -0.2) is 17.5 Å². The number of carbonyl (C=O) groups is 1. The number of carbonyl (C=O) groups excluding carboxylic acids is 1. The predicted octanol–water partition coefficient (Wildman–Crippen LogP) is 1.76. The second kappa shape index (κ2) is 4.61. The van der Waals surface area contributed by atoms with E-state index in [1.807, 2.05) is 0 Å². The minimum absolute atomic E-state index is 0.317. The molecule has 0 heterocycles. The highest BCUT2D eigenvalue weighted by atomic mass is 16.3. The van der Waals surface area contributed by atoms with Crippen molar-refractivity contribution in [2.75, 3.05) is 0 Å². The van der Waals surface area contributed by atoms with Crippen molar-refractivity contribution in [2.45, 2.75) is 45.1 Å². The Hall–Kier alpha value is -0.370. The van der Waals surface area contributed by atoms with E-state index >= 15 is 0 Å². The molecule has 0 spiro atoms. The molecule has 3 atom stereocenters. The Kier molecular flexibility index (Phi) is 3.73. The summed E-state index contributed by atoms with van der Waals surface area (Å²) >= 11 is 0. The fraction of sp³-hybridized carbons (Fsp3) is 0.900. The highest BCUT2D eigenvalue weighted by molar-refractivity contribution is 5.50. The molecule has 2 heteroatoms. The summed E-state index contributed by atoms with van der Waals surface area (Å²) in [5.74, 6) is 1.10. The average molecular weight is 170 g/mol. The molecule has 1 aliphatic carbocycles. The van der Waals surface area contributed by atoms with E-state index in [1.54, 1.807) is 0 Å². The molecule has 2 nitrogen and oxygen atoms in total. The molecule has 1 N–H and O–H groups in total. The van der Waals surface area contributed by atoms with E-state index in [2.05, 4.69) is 6.92 Å². The largest absolute Gasteiger partial charge is 0.392 e. The zero-order valence-corrected chi connectivity index (χ0v) is 7.70. The standard InChI is InChI=1S/C10H18O2/c1-8-3-2-4-9(7-8)10(12)5-6-11/h6,8-10,12H,2-5,7H2,1H3. The van der Waals surface area contributed by atoms with Crippen LogP contribution in [-0.2, 0) is 4.79 Å². The topological polar surface area (TPSA) is 37.3 Å². The first-order valence-corrected chi connectivity index (χ1v) is 4.85. The van der Waals surface area contributed by atoms with Crippen molar-refractivity contribution in [3.05, 3.63) is 0 Å². The molecule has 1 rings (SSSR count). The maximum atomic E-state index is 10.2. The predicted molar refractivity (Wildman–Crippen MR) is 47.8 cm³/mol. The van der Waals surface area contributed by atoms with Crippen LogP contribution in [0.5, 0.6) is 0 Å². The van der Waals surface area contributed by atoms with Gasteiger partial charge in [-0.3, -0.25) is 0 Å². The van der Waals surface area contributed by atoms with Crippen molar-refractivity contribution in [3.8, 4) is 0 Å². The molecule has 0 aromatic rings. The molecule has 12 heavy (non-hydrogen) atoms. The Morgan fingerprint density at radius 1 is 1.58 bits per heavy atom. The molecule has 70 valence electrons. The lowest BCUT2D eigenvalue weighted by Gasteiger charge is -2.29. The molecule has 0 aliphatic heterocycles. The van der Waals surface area contributed by atoms with Crippen LogP contribution in [0.2, 0.25) is 0 Å². The van der Waals surface area contributed by atoms with Gasteiger partial charge in [-0.25, -0.2) is 0 Å². The quantitative estimate of drug-likeness (QED) is 0.655. The van der Waals surface area contributed by atoms with Gasteiger partial charge in [-0.1, -0.05) is 19.8 Å². The summed E-state index contributed by atoms with van der Waals surface area (Å²) in [7, 11) is 0. The summed E-state index contributed by atoms with van der Waals surface area (Å²) in [6.45, 7) is 2.22. The van der Waals surface area contributed by atoms with E-state index in [-0.39, 0.29) is 6.10 Å². The summed E-state index contributed by atoms with van der Waals surface area (Å²) in [5.41, 5.74) is 0. The number of hydrogen-bond donors (Lipinski definition) is 1. The summed E-state index contributed by atoms with van der Waals surface area (Å²) in [6, 6.07) is 0. The highest BCUT2D eigenvalue weighted by Gasteiger charge is 2.24. The van der Waals surface area contributed by atoms with Gasteiger partial charge < -0.3 is 9.90 Å². The van der Waals surface area contributed by atoms with Crippen LogP contribution in [0.3, 0.4) is 0 Å². The maximum Gasteiger partial charge on any atom is 0.122 e. The lowest BCUT2D eigenvalue weighted by molar-refractivity contribution is -0.110. The van der Waals surface area contributed by atoms with Crippen molar-refractivity contribution < 1.29 is 9.90 Å². The third-order valence-corrected chi connectivity index (χ3v) is 2.86. The van der Waals surface area contributed by atoms with Crippen LogP contribution in [0.15, 0.2) is 0 Å². The molecular formula is C10H18O2. The van der Waals surface area contributed by atoms with Crippen LogP contribution >= 0.6 is 0 Å². The van der Waals surface area contributed by atoms with E-state index in [0.29, 0.717) is 12.3 Å².